The molecule has 100 valence electrons. The fourth-order valence-corrected chi connectivity index (χ4v) is 1.75. The van der Waals surface area contributed by atoms with E-state index in [2.05, 4.69) is 28.6 Å². The molecule has 1 heterocycles. The predicted octanol–water partition coefficient (Wildman–Crippen LogP) is 3.45. The van der Waals surface area contributed by atoms with E-state index in [4.69, 9.17) is 4.84 Å². The van der Waals surface area contributed by atoms with Gasteiger partial charge in [-0.15, -0.1) is 0 Å². The molecule has 1 aliphatic heterocycles. The van der Waals surface area contributed by atoms with Gasteiger partial charge in [-0.25, -0.2) is 0 Å². The van der Waals surface area contributed by atoms with Gasteiger partial charge in [-0.2, -0.15) is 0 Å². The molecule has 0 bridgehead atoms. The van der Waals surface area contributed by atoms with E-state index >= 15 is 0 Å². The summed E-state index contributed by atoms with van der Waals surface area (Å²) in [6.07, 6.45) is 11.6. The Morgan fingerprint density at radius 3 is 2.68 bits per heavy atom. The molecule has 4 nitrogen and oxygen atoms in total. The molecule has 0 spiro atoms. The van der Waals surface area contributed by atoms with Crippen molar-refractivity contribution in [2.75, 3.05) is 0 Å². The Hall–Kier alpha value is -2.23. The van der Waals surface area contributed by atoms with Crippen molar-refractivity contribution in [2.45, 2.75) is 26.4 Å². The van der Waals surface area contributed by atoms with E-state index < -0.39 is 0 Å². The molecule has 0 saturated heterocycles. The third kappa shape index (κ3) is 4.17. The standard InChI is InChI=1S/C15H19N3O/c1-5-7-13(11-17-4)15-10-14(18-19-15)12(6-2)8-9-16-3/h5-9,11,15H,3-4,10H2,1-2H3/b7-5-,9-8-,12-6+,13-11+. The molecule has 0 aromatic rings. The van der Waals surface area contributed by atoms with Crippen molar-refractivity contribution in [1.82, 2.24) is 0 Å². The van der Waals surface area contributed by atoms with E-state index in [0.29, 0.717) is 6.42 Å². The molecule has 0 N–H and O–H groups in total. The lowest BCUT2D eigenvalue weighted by Crippen LogP contribution is -2.10. The summed E-state index contributed by atoms with van der Waals surface area (Å²) >= 11 is 0. The minimum Gasteiger partial charge on any atom is -0.387 e. The first-order valence-corrected chi connectivity index (χ1v) is 6.07. The zero-order valence-electron chi connectivity index (χ0n) is 11.4. The zero-order valence-corrected chi connectivity index (χ0v) is 11.4. The van der Waals surface area contributed by atoms with Gasteiger partial charge in [0.2, 0.25) is 0 Å². The molecular weight excluding hydrogens is 238 g/mol. The highest BCUT2D eigenvalue weighted by molar-refractivity contribution is 6.03. The molecule has 0 aromatic carbocycles. The van der Waals surface area contributed by atoms with Gasteiger partial charge in [0.05, 0.1) is 5.71 Å². The molecule has 0 amide bonds. The first kappa shape index (κ1) is 14.8. The number of allylic oxidation sites excluding steroid dienone is 4. The second-order valence-electron chi connectivity index (χ2n) is 3.89. The molecule has 0 aliphatic carbocycles. The molecule has 19 heavy (non-hydrogen) atoms. The van der Waals surface area contributed by atoms with E-state index in [1.165, 1.54) is 0 Å². The number of aliphatic imine (C=N–C) groups is 2. The average Bonchev–Trinajstić information content (AvgIpc) is 2.89. The van der Waals surface area contributed by atoms with Crippen molar-refractivity contribution < 1.29 is 4.84 Å². The first-order valence-electron chi connectivity index (χ1n) is 6.07. The van der Waals surface area contributed by atoms with Crippen LogP contribution in [-0.4, -0.2) is 25.3 Å². The molecule has 0 radical (unpaired) electrons. The molecule has 1 aliphatic rings. The van der Waals surface area contributed by atoms with Crippen LogP contribution < -0.4 is 0 Å². The predicted molar refractivity (Wildman–Crippen MR) is 81.8 cm³/mol. The van der Waals surface area contributed by atoms with Gasteiger partial charge < -0.3 is 4.84 Å². The van der Waals surface area contributed by atoms with Crippen LogP contribution in [-0.2, 0) is 4.84 Å². The maximum atomic E-state index is 5.46. The minimum absolute atomic E-state index is 0.114. The van der Waals surface area contributed by atoms with Crippen molar-refractivity contribution in [3.8, 4) is 0 Å². The molecule has 0 aromatic heterocycles. The van der Waals surface area contributed by atoms with Crippen molar-refractivity contribution in [2.24, 2.45) is 15.1 Å². The summed E-state index contributed by atoms with van der Waals surface area (Å²) in [5.41, 5.74) is 2.84. The second-order valence-corrected chi connectivity index (χ2v) is 3.89. The van der Waals surface area contributed by atoms with Gasteiger partial charge in [0, 0.05) is 24.4 Å². The van der Waals surface area contributed by atoms with Gasteiger partial charge in [0.1, 0.15) is 0 Å². The molecule has 0 fully saturated rings. The summed E-state index contributed by atoms with van der Waals surface area (Å²) in [5, 5.41) is 4.12. The fraction of sp³-hybridized carbons (Fsp3) is 0.267. The monoisotopic (exact) mass is 257 g/mol. The molecule has 1 atom stereocenters. The van der Waals surface area contributed by atoms with Gasteiger partial charge in [-0.3, -0.25) is 9.98 Å². The first-order chi connectivity index (χ1) is 9.26. The van der Waals surface area contributed by atoms with Crippen molar-refractivity contribution in [3.63, 3.8) is 0 Å². The fourth-order valence-electron chi connectivity index (χ4n) is 1.75. The minimum atomic E-state index is -0.114. The van der Waals surface area contributed by atoms with Gasteiger partial charge in [-0.1, -0.05) is 23.4 Å². The maximum Gasteiger partial charge on any atom is 0.159 e. The van der Waals surface area contributed by atoms with Crippen molar-refractivity contribution >= 4 is 19.1 Å². The lowest BCUT2D eigenvalue weighted by molar-refractivity contribution is 0.114. The van der Waals surface area contributed by atoms with Gasteiger partial charge in [0.25, 0.3) is 0 Å². The van der Waals surface area contributed by atoms with Gasteiger partial charge in [0.15, 0.2) is 6.10 Å². The van der Waals surface area contributed by atoms with E-state index in [1.807, 2.05) is 38.2 Å². The summed E-state index contributed by atoms with van der Waals surface area (Å²) in [6, 6.07) is 0. The largest absolute Gasteiger partial charge is 0.387 e. The van der Waals surface area contributed by atoms with Crippen LogP contribution >= 0.6 is 0 Å². The summed E-state index contributed by atoms with van der Waals surface area (Å²) < 4.78 is 0. The number of hydrogen-bond donors (Lipinski definition) is 0. The quantitative estimate of drug-likeness (QED) is 0.531. The summed E-state index contributed by atoms with van der Waals surface area (Å²) in [5.74, 6) is 0. The smallest absolute Gasteiger partial charge is 0.159 e. The molecule has 1 unspecified atom stereocenters. The van der Waals surface area contributed by atoms with Crippen LogP contribution in [0.1, 0.15) is 20.3 Å². The molecular formula is C15H19N3O. The maximum absolute atomic E-state index is 5.46. The van der Waals surface area contributed by atoms with Crippen LogP contribution in [0.15, 0.2) is 63.0 Å². The molecule has 4 heteroatoms. The Morgan fingerprint density at radius 2 is 2.11 bits per heavy atom. The highest BCUT2D eigenvalue weighted by atomic mass is 16.6. The summed E-state index contributed by atoms with van der Waals surface area (Å²) in [6.45, 7) is 10.8. The lowest BCUT2D eigenvalue weighted by atomic mass is 10.0. The van der Waals surface area contributed by atoms with Gasteiger partial charge in [-0.05, 0) is 38.9 Å². The van der Waals surface area contributed by atoms with Crippen LogP contribution in [0.2, 0.25) is 0 Å². The Kier molecular flexibility index (Phi) is 6.22. The average molecular weight is 257 g/mol. The van der Waals surface area contributed by atoms with E-state index in [1.54, 1.807) is 12.4 Å². The Labute approximate surface area is 114 Å². The van der Waals surface area contributed by atoms with E-state index in [9.17, 15) is 0 Å². The summed E-state index contributed by atoms with van der Waals surface area (Å²) in [4.78, 5) is 12.9. The lowest BCUT2D eigenvalue weighted by Gasteiger charge is -2.08. The third-order valence-electron chi connectivity index (χ3n) is 2.64. The van der Waals surface area contributed by atoms with Crippen LogP contribution in [0.5, 0.6) is 0 Å². The third-order valence-corrected chi connectivity index (χ3v) is 2.64. The Morgan fingerprint density at radius 1 is 1.32 bits per heavy atom. The van der Waals surface area contributed by atoms with Crippen LogP contribution in [0.3, 0.4) is 0 Å². The SMILES string of the molecule is C=N/C=C\C(=C/C)C1=NOC(C(/C=C\C)=C/N=C)C1. The zero-order chi connectivity index (χ0) is 14.1. The summed E-state index contributed by atoms with van der Waals surface area (Å²) in [7, 11) is 0. The Balaban J connectivity index is 2.81. The van der Waals surface area contributed by atoms with E-state index in [-0.39, 0.29) is 6.10 Å². The topological polar surface area (TPSA) is 46.3 Å². The van der Waals surface area contributed by atoms with Crippen LogP contribution in [0.25, 0.3) is 0 Å². The number of oxime groups is 1. The molecule has 1 rings (SSSR count). The number of nitrogens with zero attached hydrogens (tertiary/aromatic N) is 3. The van der Waals surface area contributed by atoms with Crippen LogP contribution in [0, 0.1) is 0 Å². The highest BCUT2D eigenvalue weighted by Gasteiger charge is 2.24. The Bertz CT molecular complexity index is 482. The normalized spacial score (nSPS) is 20.7. The van der Waals surface area contributed by atoms with Crippen molar-refractivity contribution in [1.29, 1.82) is 0 Å². The van der Waals surface area contributed by atoms with Crippen molar-refractivity contribution in [3.05, 3.63) is 47.9 Å². The van der Waals surface area contributed by atoms with E-state index in [0.717, 1.165) is 16.9 Å². The van der Waals surface area contributed by atoms with Gasteiger partial charge >= 0.3 is 0 Å². The molecule has 0 saturated carbocycles. The number of rotatable bonds is 6. The number of hydrogen-bond acceptors (Lipinski definition) is 4. The second kappa shape index (κ2) is 7.97. The van der Waals surface area contributed by atoms with Crippen LogP contribution in [0.4, 0.5) is 0 Å². The highest BCUT2D eigenvalue weighted by Crippen LogP contribution is 2.23.